The molecule has 3 rings (SSSR count). The molecule has 0 aliphatic carbocycles. The van der Waals surface area contributed by atoms with Crippen LogP contribution in [0.5, 0.6) is 5.75 Å². The van der Waals surface area contributed by atoms with Crippen molar-refractivity contribution in [2.45, 2.75) is 31.2 Å². The zero-order valence-electron chi connectivity index (χ0n) is 19.2. The van der Waals surface area contributed by atoms with Crippen LogP contribution in [0.4, 0.5) is 11.4 Å². The third-order valence-corrected chi connectivity index (χ3v) is 6.52. The molecule has 0 saturated carbocycles. The van der Waals surface area contributed by atoms with E-state index in [1.165, 1.54) is 26.2 Å². The second-order valence-electron chi connectivity index (χ2n) is 7.74. The van der Waals surface area contributed by atoms with Crippen LogP contribution in [0.15, 0.2) is 77.7 Å². The van der Waals surface area contributed by atoms with Crippen LogP contribution >= 0.6 is 0 Å². The van der Waals surface area contributed by atoms with E-state index in [0.717, 1.165) is 5.56 Å². The summed E-state index contributed by atoms with van der Waals surface area (Å²) in [4.78, 5) is 24.4. The molecule has 178 valence electrons. The number of rotatable bonds is 9. The van der Waals surface area contributed by atoms with Gasteiger partial charge in [0.1, 0.15) is 11.8 Å². The number of carbonyl (C=O) groups excluding carboxylic acids is 2. The van der Waals surface area contributed by atoms with Crippen LogP contribution in [0.2, 0.25) is 0 Å². The largest absolute Gasteiger partial charge is 0.496 e. The van der Waals surface area contributed by atoms with Crippen LogP contribution in [-0.2, 0) is 26.0 Å². The molecule has 0 heterocycles. The molecular formula is C25H27N3O5S. The van der Waals surface area contributed by atoms with Gasteiger partial charge in [0, 0.05) is 18.3 Å². The van der Waals surface area contributed by atoms with Gasteiger partial charge in [-0.2, -0.15) is 4.72 Å². The maximum Gasteiger partial charge on any atom is 0.242 e. The van der Waals surface area contributed by atoms with Gasteiger partial charge in [-0.3, -0.25) is 9.59 Å². The maximum absolute atomic E-state index is 13.1. The van der Waals surface area contributed by atoms with Gasteiger partial charge >= 0.3 is 0 Å². The normalized spacial score (nSPS) is 12.0. The summed E-state index contributed by atoms with van der Waals surface area (Å²) in [6, 6.07) is 19.2. The lowest BCUT2D eigenvalue weighted by atomic mass is 10.1. The summed E-state index contributed by atoms with van der Waals surface area (Å²) >= 11 is 0. The monoisotopic (exact) mass is 481 g/mol. The lowest BCUT2D eigenvalue weighted by molar-refractivity contribution is -0.117. The Morgan fingerprint density at radius 1 is 0.912 bits per heavy atom. The third kappa shape index (κ3) is 6.66. The first-order chi connectivity index (χ1) is 16.2. The fraction of sp³-hybridized carbons (Fsp3) is 0.200. The smallest absolute Gasteiger partial charge is 0.242 e. The molecule has 1 atom stereocenters. The fourth-order valence-corrected chi connectivity index (χ4v) is 4.66. The Kier molecular flexibility index (Phi) is 8.04. The summed E-state index contributed by atoms with van der Waals surface area (Å²) in [5.74, 6) is -0.145. The van der Waals surface area contributed by atoms with E-state index < -0.39 is 22.0 Å². The van der Waals surface area contributed by atoms with Crippen molar-refractivity contribution in [3.8, 4) is 5.75 Å². The van der Waals surface area contributed by atoms with E-state index in [-0.39, 0.29) is 17.2 Å². The van der Waals surface area contributed by atoms with E-state index in [4.69, 9.17) is 4.74 Å². The average molecular weight is 482 g/mol. The van der Waals surface area contributed by atoms with Gasteiger partial charge < -0.3 is 15.4 Å². The predicted octanol–water partition coefficient (Wildman–Crippen LogP) is 3.49. The van der Waals surface area contributed by atoms with Gasteiger partial charge in [-0.1, -0.05) is 30.3 Å². The molecule has 3 aromatic carbocycles. The molecule has 0 bridgehead atoms. The van der Waals surface area contributed by atoms with Crippen LogP contribution in [0, 0.1) is 6.92 Å². The predicted molar refractivity (Wildman–Crippen MR) is 131 cm³/mol. The number of methoxy groups -OCH3 is 1. The highest BCUT2D eigenvalue weighted by molar-refractivity contribution is 7.89. The number of benzene rings is 3. The van der Waals surface area contributed by atoms with Crippen LogP contribution in [0.25, 0.3) is 0 Å². The Morgan fingerprint density at radius 2 is 1.53 bits per heavy atom. The molecular weight excluding hydrogens is 454 g/mol. The van der Waals surface area contributed by atoms with E-state index in [9.17, 15) is 18.0 Å². The summed E-state index contributed by atoms with van der Waals surface area (Å²) in [5, 5.41) is 5.40. The molecule has 0 aromatic heterocycles. The Bertz CT molecular complexity index is 1260. The molecule has 9 heteroatoms. The Balaban J connectivity index is 1.83. The second-order valence-corrected chi connectivity index (χ2v) is 9.46. The van der Waals surface area contributed by atoms with Crippen LogP contribution in [-0.4, -0.2) is 33.4 Å². The molecule has 0 aliphatic heterocycles. The van der Waals surface area contributed by atoms with Gasteiger partial charge in [0.15, 0.2) is 0 Å². The van der Waals surface area contributed by atoms with Gasteiger partial charge in [0.25, 0.3) is 0 Å². The molecule has 0 aliphatic rings. The van der Waals surface area contributed by atoms with Crippen LogP contribution in [0.3, 0.4) is 0 Å². The first-order valence-corrected chi connectivity index (χ1v) is 12.1. The highest BCUT2D eigenvalue weighted by Crippen LogP contribution is 2.22. The minimum atomic E-state index is -4.00. The van der Waals surface area contributed by atoms with Crippen molar-refractivity contribution >= 4 is 33.2 Å². The molecule has 34 heavy (non-hydrogen) atoms. The number of hydrogen-bond donors (Lipinski definition) is 3. The number of carbonyl (C=O) groups is 2. The maximum atomic E-state index is 13.1. The number of nitrogens with one attached hydrogen (secondary N) is 3. The zero-order valence-corrected chi connectivity index (χ0v) is 20.0. The lowest BCUT2D eigenvalue weighted by Crippen LogP contribution is -2.45. The summed E-state index contributed by atoms with van der Waals surface area (Å²) in [6.45, 7) is 3.15. The standard InChI is InChI=1S/C25H27N3O5S/c1-17-15-22(13-14-24(17)33-3)34(31,32)28-23(16-19-7-5-4-6-8-19)25(30)27-21-11-9-20(10-12-21)26-18(2)29/h4-15,23,28H,16H2,1-3H3,(H,26,29)(H,27,30)/t23-/m0/s1. The van der Waals surface area contributed by atoms with E-state index in [2.05, 4.69) is 15.4 Å². The van der Waals surface area contributed by atoms with E-state index in [1.807, 2.05) is 30.3 Å². The van der Waals surface area contributed by atoms with Crippen molar-refractivity contribution in [2.75, 3.05) is 17.7 Å². The van der Waals surface area contributed by atoms with Gasteiger partial charge in [0.2, 0.25) is 21.8 Å². The van der Waals surface area contributed by atoms with Crippen LogP contribution < -0.4 is 20.1 Å². The second kappa shape index (κ2) is 11.0. The first kappa shape index (κ1) is 24.9. The molecule has 3 N–H and O–H groups in total. The number of hydrogen-bond acceptors (Lipinski definition) is 5. The summed E-state index contributed by atoms with van der Waals surface area (Å²) < 4.78 is 34.0. The highest BCUT2D eigenvalue weighted by atomic mass is 32.2. The molecule has 2 amide bonds. The lowest BCUT2D eigenvalue weighted by Gasteiger charge is -2.19. The number of amides is 2. The molecule has 3 aromatic rings. The molecule has 0 spiro atoms. The zero-order chi connectivity index (χ0) is 24.7. The van der Waals surface area contributed by atoms with E-state index >= 15 is 0 Å². The Labute approximate surface area is 199 Å². The summed E-state index contributed by atoms with van der Waals surface area (Å²) in [5.41, 5.74) is 2.52. The molecule has 8 nitrogen and oxygen atoms in total. The van der Waals surface area contributed by atoms with Gasteiger partial charge in [-0.05, 0) is 66.9 Å². The first-order valence-electron chi connectivity index (χ1n) is 10.6. The number of anilines is 2. The van der Waals surface area contributed by atoms with Crippen LogP contribution in [0.1, 0.15) is 18.1 Å². The quantitative estimate of drug-likeness (QED) is 0.433. The van der Waals surface area contributed by atoms with Gasteiger partial charge in [-0.15, -0.1) is 0 Å². The van der Waals surface area contributed by atoms with E-state index in [1.54, 1.807) is 37.3 Å². The van der Waals surface area contributed by atoms with Gasteiger partial charge in [0.05, 0.1) is 12.0 Å². The van der Waals surface area contributed by atoms with Crippen molar-refractivity contribution in [2.24, 2.45) is 0 Å². The van der Waals surface area contributed by atoms with Crippen molar-refractivity contribution in [1.29, 1.82) is 0 Å². The van der Waals surface area contributed by atoms with Crippen molar-refractivity contribution < 1.29 is 22.7 Å². The average Bonchev–Trinajstić information content (AvgIpc) is 2.80. The number of aryl methyl sites for hydroxylation is 1. The SMILES string of the molecule is COc1ccc(S(=O)(=O)N[C@@H](Cc2ccccc2)C(=O)Nc2ccc(NC(C)=O)cc2)cc1C. The number of ether oxygens (including phenoxy) is 1. The van der Waals surface area contributed by atoms with Crippen molar-refractivity contribution in [1.82, 2.24) is 4.72 Å². The third-order valence-electron chi connectivity index (χ3n) is 5.05. The summed E-state index contributed by atoms with van der Waals surface area (Å²) in [7, 11) is -2.49. The molecule has 0 fully saturated rings. The van der Waals surface area contributed by atoms with Crippen molar-refractivity contribution in [3.63, 3.8) is 0 Å². The van der Waals surface area contributed by atoms with Gasteiger partial charge in [-0.25, -0.2) is 8.42 Å². The topological polar surface area (TPSA) is 114 Å². The van der Waals surface area contributed by atoms with E-state index in [0.29, 0.717) is 22.7 Å². The van der Waals surface area contributed by atoms with Crippen molar-refractivity contribution in [3.05, 3.63) is 83.9 Å². The minimum absolute atomic E-state index is 0.0383. The number of sulfonamides is 1. The Morgan fingerprint density at radius 3 is 2.09 bits per heavy atom. The fourth-order valence-electron chi connectivity index (χ4n) is 3.38. The molecule has 0 radical (unpaired) electrons. The summed E-state index contributed by atoms with van der Waals surface area (Å²) in [6.07, 6.45) is 0.158. The highest BCUT2D eigenvalue weighted by Gasteiger charge is 2.26. The minimum Gasteiger partial charge on any atom is -0.496 e. The molecule has 0 unspecified atom stereocenters. The Hall–Kier alpha value is -3.69. The molecule has 0 saturated heterocycles.